The number of hydrogen-bond acceptors (Lipinski definition) is 7. The Morgan fingerprint density at radius 2 is 1.94 bits per heavy atom. The molecule has 184 valence electrons. The van der Waals surface area contributed by atoms with Crippen LogP contribution in [0.25, 0.3) is 10.2 Å². The van der Waals surface area contributed by atoms with Gasteiger partial charge in [-0.2, -0.15) is 4.31 Å². The van der Waals surface area contributed by atoms with Crippen molar-refractivity contribution >= 4 is 77.2 Å². The van der Waals surface area contributed by atoms with E-state index in [1.807, 2.05) is 26.2 Å². The molecular weight excluding hydrogens is 535 g/mol. The molecule has 3 aromatic rings. The average molecular weight is 562 g/mol. The van der Waals surface area contributed by atoms with Crippen molar-refractivity contribution in [1.29, 1.82) is 0 Å². The number of anilines is 1. The molecule has 1 aliphatic heterocycles. The molecule has 0 aliphatic carbocycles. The molecule has 4 rings (SSSR count). The number of carbonyl (C=O) groups is 1. The first-order valence-electron chi connectivity index (χ1n) is 11.0. The van der Waals surface area contributed by atoms with Crippen LogP contribution in [-0.4, -0.2) is 68.3 Å². The van der Waals surface area contributed by atoms with Gasteiger partial charge in [-0.05, 0) is 70.2 Å². The Morgan fingerprint density at radius 3 is 2.65 bits per heavy atom. The molecule has 34 heavy (non-hydrogen) atoms. The lowest BCUT2D eigenvalue weighted by Gasteiger charge is -2.36. The van der Waals surface area contributed by atoms with Gasteiger partial charge in [-0.3, -0.25) is 9.69 Å². The third-order valence-corrected chi connectivity index (χ3v) is 10.6. The van der Waals surface area contributed by atoms with Gasteiger partial charge in [0, 0.05) is 18.1 Å². The predicted molar refractivity (Wildman–Crippen MR) is 141 cm³/mol. The summed E-state index contributed by atoms with van der Waals surface area (Å²) >= 11 is 14.6. The largest absolute Gasteiger partial charge is 0.309 e. The van der Waals surface area contributed by atoms with E-state index in [1.165, 1.54) is 21.7 Å². The van der Waals surface area contributed by atoms with Crippen molar-refractivity contribution in [3.8, 4) is 0 Å². The summed E-state index contributed by atoms with van der Waals surface area (Å²) in [7, 11) is 0.121. The molecule has 0 saturated carbocycles. The molecule has 1 unspecified atom stereocenters. The Kier molecular flexibility index (Phi) is 8.18. The molecule has 12 heteroatoms. The smallest absolute Gasteiger partial charge is 0.253 e. The SMILES string of the molecule is CN(C)CCCN(C(=O)C1CCCCN1S(=O)(=O)c1ccc(Cl)s1)c1nc2ccc(Cl)cc2s1. The summed E-state index contributed by atoms with van der Waals surface area (Å²) in [4.78, 5) is 22.3. The maximum Gasteiger partial charge on any atom is 0.253 e. The first-order valence-corrected chi connectivity index (χ1v) is 14.8. The molecule has 1 fully saturated rings. The fourth-order valence-electron chi connectivity index (χ4n) is 4.02. The first-order chi connectivity index (χ1) is 16.2. The number of amides is 1. The highest BCUT2D eigenvalue weighted by atomic mass is 35.5. The zero-order chi connectivity index (χ0) is 24.5. The van der Waals surface area contributed by atoms with E-state index in [-0.39, 0.29) is 10.1 Å². The standard InChI is InChI=1S/C22H26Cl2N4O3S3/c1-26(2)11-5-12-27(22-25-16-8-7-15(23)14-18(16)32-22)21(29)17-6-3-4-13-28(17)34(30,31)20-10-9-19(24)33-20/h7-10,14,17H,3-6,11-13H2,1-2H3. The number of piperidine rings is 1. The Labute approximate surface area is 217 Å². The van der Waals surface area contributed by atoms with Crippen LogP contribution in [0.3, 0.4) is 0 Å². The molecule has 0 radical (unpaired) electrons. The number of fused-ring (bicyclic) bond motifs is 1. The van der Waals surface area contributed by atoms with Crippen LogP contribution in [0, 0.1) is 0 Å². The minimum absolute atomic E-state index is 0.158. The molecule has 1 aromatic carbocycles. The number of carbonyl (C=O) groups excluding carboxylic acids is 1. The van der Waals surface area contributed by atoms with Crippen LogP contribution in [0.4, 0.5) is 5.13 Å². The molecule has 3 heterocycles. The topological polar surface area (TPSA) is 73.8 Å². The number of rotatable bonds is 8. The van der Waals surface area contributed by atoms with Crippen molar-refractivity contribution < 1.29 is 13.2 Å². The van der Waals surface area contributed by atoms with Crippen LogP contribution in [0.1, 0.15) is 25.7 Å². The van der Waals surface area contributed by atoms with Gasteiger partial charge < -0.3 is 4.90 Å². The Bertz CT molecular complexity index is 1280. The highest BCUT2D eigenvalue weighted by Crippen LogP contribution is 2.35. The molecule has 1 aliphatic rings. The third-order valence-electron chi connectivity index (χ3n) is 5.67. The molecule has 1 saturated heterocycles. The lowest BCUT2D eigenvalue weighted by atomic mass is 10.0. The van der Waals surface area contributed by atoms with Gasteiger partial charge in [-0.25, -0.2) is 13.4 Å². The number of thiazole rings is 1. The molecule has 1 atom stereocenters. The molecule has 0 N–H and O–H groups in total. The molecule has 1 amide bonds. The monoisotopic (exact) mass is 560 g/mol. The van der Waals surface area contributed by atoms with Gasteiger partial charge in [-0.15, -0.1) is 11.3 Å². The lowest BCUT2D eigenvalue weighted by Crippen LogP contribution is -2.53. The minimum Gasteiger partial charge on any atom is -0.309 e. The van der Waals surface area contributed by atoms with E-state index in [4.69, 9.17) is 23.2 Å². The summed E-state index contributed by atoms with van der Waals surface area (Å²) in [5.74, 6) is -0.241. The van der Waals surface area contributed by atoms with Crippen molar-refractivity contribution in [2.75, 3.05) is 38.6 Å². The van der Waals surface area contributed by atoms with Gasteiger partial charge in [-0.1, -0.05) is 41.0 Å². The van der Waals surface area contributed by atoms with Crippen molar-refractivity contribution in [2.24, 2.45) is 0 Å². The van der Waals surface area contributed by atoms with Crippen LogP contribution in [0.15, 0.2) is 34.5 Å². The van der Waals surface area contributed by atoms with Crippen LogP contribution < -0.4 is 4.90 Å². The Balaban J connectivity index is 1.68. The van der Waals surface area contributed by atoms with Gasteiger partial charge >= 0.3 is 0 Å². The van der Waals surface area contributed by atoms with Gasteiger partial charge in [0.15, 0.2) is 5.13 Å². The number of aromatic nitrogens is 1. The number of halogens is 2. The van der Waals surface area contributed by atoms with E-state index in [2.05, 4.69) is 9.88 Å². The summed E-state index contributed by atoms with van der Waals surface area (Å²) in [6.45, 7) is 1.54. The van der Waals surface area contributed by atoms with Gasteiger partial charge in [0.25, 0.3) is 10.0 Å². The fourth-order valence-corrected chi connectivity index (χ4v) is 8.55. The molecule has 0 spiro atoms. The normalized spacial score (nSPS) is 17.5. The van der Waals surface area contributed by atoms with E-state index in [1.54, 1.807) is 17.0 Å². The Hall–Kier alpha value is -1.27. The lowest BCUT2D eigenvalue weighted by molar-refractivity contribution is -0.123. The summed E-state index contributed by atoms with van der Waals surface area (Å²) in [5, 5.41) is 1.16. The summed E-state index contributed by atoms with van der Waals surface area (Å²) < 4.78 is 29.7. The highest BCUT2D eigenvalue weighted by molar-refractivity contribution is 7.91. The average Bonchev–Trinajstić information content (AvgIpc) is 3.42. The van der Waals surface area contributed by atoms with Crippen LogP contribution >= 0.6 is 45.9 Å². The number of thiophene rings is 1. The van der Waals surface area contributed by atoms with Gasteiger partial charge in [0.05, 0.1) is 14.6 Å². The van der Waals surface area contributed by atoms with Crippen molar-refractivity contribution in [3.05, 3.63) is 39.7 Å². The molecular formula is C22H26Cl2N4O3S3. The molecule has 0 bridgehead atoms. The predicted octanol–water partition coefficient (Wildman–Crippen LogP) is 5.19. The highest BCUT2D eigenvalue weighted by Gasteiger charge is 2.41. The van der Waals surface area contributed by atoms with E-state index < -0.39 is 16.1 Å². The zero-order valence-electron chi connectivity index (χ0n) is 18.9. The van der Waals surface area contributed by atoms with E-state index in [0.29, 0.717) is 40.4 Å². The quantitative estimate of drug-likeness (QED) is 0.379. The third kappa shape index (κ3) is 5.59. The van der Waals surface area contributed by atoms with Gasteiger partial charge in [0.1, 0.15) is 10.3 Å². The van der Waals surface area contributed by atoms with Crippen LogP contribution in [-0.2, 0) is 14.8 Å². The molecule has 2 aromatic heterocycles. The van der Waals surface area contributed by atoms with Crippen molar-refractivity contribution in [1.82, 2.24) is 14.2 Å². The second-order valence-electron chi connectivity index (χ2n) is 8.44. The van der Waals surface area contributed by atoms with E-state index in [0.717, 1.165) is 40.9 Å². The fraction of sp³-hybridized carbons (Fsp3) is 0.455. The number of hydrogen-bond donors (Lipinski definition) is 0. The van der Waals surface area contributed by atoms with Crippen molar-refractivity contribution in [2.45, 2.75) is 35.9 Å². The first kappa shape index (κ1) is 25.8. The van der Waals surface area contributed by atoms with E-state index in [9.17, 15) is 13.2 Å². The summed E-state index contributed by atoms with van der Waals surface area (Å²) in [6, 6.07) is 7.73. The summed E-state index contributed by atoms with van der Waals surface area (Å²) in [5.41, 5.74) is 0.760. The second-order valence-corrected chi connectivity index (χ2v) is 13.7. The Morgan fingerprint density at radius 1 is 1.15 bits per heavy atom. The van der Waals surface area contributed by atoms with Gasteiger partial charge in [0.2, 0.25) is 5.91 Å². The van der Waals surface area contributed by atoms with Crippen LogP contribution in [0.5, 0.6) is 0 Å². The van der Waals surface area contributed by atoms with Crippen molar-refractivity contribution in [3.63, 3.8) is 0 Å². The van der Waals surface area contributed by atoms with E-state index >= 15 is 0 Å². The zero-order valence-corrected chi connectivity index (χ0v) is 22.9. The maximum absolute atomic E-state index is 13.9. The second kappa shape index (κ2) is 10.8. The number of benzene rings is 1. The number of sulfonamides is 1. The van der Waals surface area contributed by atoms with Crippen LogP contribution in [0.2, 0.25) is 9.36 Å². The summed E-state index contributed by atoms with van der Waals surface area (Å²) in [6.07, 6.45) is 2.70. The molecule has 7 nitrogen and oxygen atoms in total. The maximum atomic E-state index is 13.9. The minimum atomic E-state index is -3.84. The number of nitrogens with zero attached hydrogens (tertiary/aromatic N) is 4.